The predicted octanol–water partition coefficient (Wildman–Crippen LogP) is -2.72. The summed E-state index contributed by atoms with van der Waals surface area (Å²) in [7, 11) is 0. The fraction of sp³-hybridized carbons (Fsp3) is 0.545. The molecular formula is C11H20N4O7. The third-order valence-corrected chi connectivity index (χ3v) is 2.70. The Bertz CT molecular complexity index is 431. The van der Waals surface area contributed by atoms with Gasteiger partial charge in [-0.25, -0.2) is 9.59 Å². The first-order valence-electron chi connectivity index (χ1n) is 6.10. The highest BCUT2D eigenvalue weighted by Gasteiger charge is 2.58. The van der Waals surface area contributed by atoms with Crippen molar-refractivity contribution in [1.82, 2.24) is 20.4 Å². The summed E-state index contributed by atoms with van der Waals surface area (Å²) in [5.74, 6) is -1.09. The van der Waals surface area contributed by atoms with Gasteiger partial charge in [-0.3, -0.25) is 19.9 Å². The Balaban J connectivity index is 0.00000135. The molecule has 1 unspecified atom stereocenters. The first kappa shape index (κ1) is 19.8. The van der Waals surface area contributed by atoms with Crippen LogP contribution in [-0.2, 0) is 4.79 Å². The van der Waals surface area contributed by atoms with Gasteiger partial charge in [0.1, 0.15) is 20.2 Å². The number of hydrogen-bond acceptors (Lipinski definition) is 7. The molecule has 0 bridgehead atoms. The summed E-state index contributed by atoms with van der Waals surface area (Å²) >= 11 is 0. The van der Waals surface area contributed by atoms with Gasteiger partial charge in [-0.2, -0.15) is 0 Å². The number of imide groups is 1. The van der Waals surface area contributed by atoms with Crippen molar-refractivity contribution < 1.29 is 34.8 Å². The van der Waals surface area contributed by atoms with Gasteiger partial charge >= 0.3 is 12.1 Å². The Hall–Kier alpha value is -2.21. The van der Waals surface area contributed by atoms with Crippen molar-refractivity contribution in [1.29, 1.82) is 0 Å². The van der Waals surface area contributed by atoms with Crippen molar-refractivity contribution in [2.75, 3.05) is 26.8 Å². The zero-order valence-corrected chi connectivity index (χ0v) is 12.0. The minimum absolute atomic E-state index is 0.402. The molecule has 11 heteroatoms. The van der Waals surface area contributed by atoms with Gasteiger partial charge in [0.2, 0.25) is 5.66 Å². The lowest BCUT2D eigenvalue weighted by molar-refractivity contribution is -0.147. The van der Waals surface area contributed by atoms with Crippen molar-refractivity contribution >= 4 is 18.0 Å². The van der Waals surface area contributed by atoms with Gasteiger partial charge in [0.15, 0.2) is 0 Å². The smallest absolute Gasteiger partial charge is 0.328 e. The van der Waals surface area contributed by atoms with Gasteiger partial charge in [0.05, 0.1) is 6.61 Å². The van der Waals surface area contributed by atoms with Crippen molar-refractivity contribution in [3.05, 3.63) is 12.7 Å². The third-order valence-electron chi connectivity index (χ3n) is 2.70. The zero-order chi connectivity index (χ0) is 17.3. The van der Waals surface area contributed by atoms with Crippen LogP contribution < -0.4 is 10.6 Å². The molecule has 6 N–H and O–H groups in total. The van der Waals surface area contributed by atoms with E-state index in [0.29, 0.717) is 9.80 Å². The summed E-state index contributed by atoms with van der Waals surface area (Å²) in [5.41, 5.74) is -2.28. The van der Waals surface area contributed by atoms with Gasteiger partial charge in [0, 0.05) is 0 Å². The van der Waals surface area contributed by atoms with E-state index in [-0.39, 0.29) is 0 Å². The summed E-state index contributed by atoms with van der Waals surface area (Å²) < 4.78 is 0. The van der Waals surface area contributed by atoms with Gasteiger partial charge in [0.25, 0.3) is 5.91 Å². The van der Waals surface area contributed by atoms with Crippen molar-refractivity contribution in [3.63, 3.8) is 0 Å². The van der Waals surface area contributed by atoms with E-state index < -0.39 is 50.4 Å². The molecule has 0 radical (unpaired) electrons. The molecule has 0 spiro atoms. The number of nitrogens with zero attached hydrogens (tertiary/aromatic N) is 2. The van der Waals surface area contributed by atoms with Crippen LogP contribution in [-0.4, -0.2) is 80.7 Å². The molecule has 11 nitrogen and oxygen atoms in total. The van der Waals surface area contributed by atoms with E-state index in [0.717, 1.165) is 0 Å². The molecule has 1 saturated heterocycles. The lowest BCUT2D eigenvalue weighted by Crippen LogP contribution is -2.68. The van der Waals surface area contributed by atoms with E-state index in [1.54, 1.807) is 11.4 Å². The van der Waals surface area contributed by atoms with Crippen molar-refractivity contribution in [3.8, 4) is 0 Å². The zero-order valence-electron chi connectivity index (χ0n) is 12.0. The number of aliphatic hydroxyl groups excluding tert-OH is 4. The number of allylic oxidation sites excluding steroid dienone is 1. The van der Waals surface area contributed by atoms with Crippen LogP contribution in [0.15, 0.2) is 12.7 Å². The Morgan fingerprint density at radius 1 is 1.41 bits per heavy atom. The highest BCUT2D eigenvalue weighted by molar-refractivity contribution is 6.08. The molecule has 1 heterocycles. The fourth-order valence-electron chi connectivity index (χ4n) is 1.76. The lowest BCUT2D eigenvalue weighted by atomic mass is 10.1. The number of urea groups is 2. The molecule has 0 aliphatic carbocycles. The maximum atomic E-state index is 11.8. The Morgan fingerprint density at radius 3 is 2.32 bits per heavy atom. The predicted molar refractivity (Wildman–Crippen MR) is 72.7 cm³/mol. The first-order chi connectivity index (χ1) is 10.4. The largest absolute Gasteiger partial charge is 0.391 e. The second-order valence-corrected chi connectivity index (χ2v) is 3.92. The van der Waals surface area contributed by atoms with Crippen LogP contribution in [0.2, 0.25) is 0 Å². The highest BCUT2D eigenvalue weighted by Crippen LogP contribution is 2.25. The molecule has 5 amide bonds. The van der Waals surface area contributed by atoms with Gasteiger partial charge < -0.3 is 25.7 Å². The van der Waals surface area contributed by atoms with E-state index >= 15 is 0 Å². The lowest BCUT2D eigenvalue weighted by Gasteiger charge is -2.40. The van der Waals surface area contributed by atoms with Crippen LogP contribution >= 0.6 is 0 Å². The monoisotopic (exact) mass is 320 g/mol. The van der Waals surface area contributed by atoms with Crippen LogP contribution in [0.1, 0.15) is 6.92 Å². The van der Waals surface area contributed by atoms with Gasteiger partial charge in [-0.15, -0.1) is 6.58 Å². The minimum Gasteiger partial charge on any atom is -0.391 e. The number of amides is 5. The maximum Gasteiger partial charge on any atom is 0.328 e. The second kappa shape index (κ2) is 8.94. The summed E-state index contributed by atoms with van der Waals surface area (Å²) in [4.78, 5) is 35.7. The molecule has 1 aliphatic rings. The Morgan fingerprint density at radius 2 is 1.95 bits per heavy atom. The Labute approximate surface area is 126 Å². The maximum absolute atomic E-state index is 11.8. The van der Waals surface area contributed by atoms with Crippen LogP contribution in [0.4, 0.5) is 9.59 Å². The number of hydrogen-bond donors (Lipinski definition) is 6. The summed E-state index contributed by atoms with van der Waals surface area (Å²) in [5, 5.41) is 39.9. The van der Waals surface area contributed by atoms with E-state index in [4.69, 9.17) is 15.3 Å². The van der Waals surface area contributed by atoms with Crippen LogP contribution in [0.3, 0.4) is 0 Å². The molecule has 126 valence electrons. The number of carbonyl (C=O) groups is 3. The van der Waals surface area contributed by atoms with Crippen LogP contribution in [0.5, 0.6) is 0 Å². The molecule has 1 atom stereocenters. The Kier molecular flexibility index (Phi) is 8.04. The van der Waals surface area contributed by atoms with Crippen LogP contribution in [0, 0.1) is 0 Å². The third kappa shape index (κ3) is 3.51. The quantitative estimate of drug-likeness (QED) is 0.182. The van der Waals surface area contributed by atoms with Crippen molar-refractivity contribution in [2.45, 2.75) is 12.6 Å². The molecule has 0 aromatic carbocycles. The van der Waals surface area contributed by atoms with E-state index in [1.165, 1.54) is 0 Å². The summed E-state index contributed by atoms with van der Waals surface area (Å²) in [6.45, 7) is 1.40. The summed E-state index contributed by atoms with van der Waals surface area (Å²) in [6.07, 6.45) is 1.75. The summed E-state index contributed by atoms with van der Waals surface area (Å²) in [6, 6.07) is -2.14. The van der Waals surface area contributed by atoms with E-state index in [9.17, 15) is 19.5 Å². The number of nitrogens with one attached hydrogen (secondary N) is 2. The molecule has 1 aliphatic heterocycles. The average molecular weight is 320 g/mol. The molecule has 0 aromatic rings. The normalized spacial score (nSPS) is 20.0. The van der Waals surface area contributed by atoms with Crippen molar-refractivity contribution in [2.24, 2.45) is 0 Å². The minimum atomic E-state index is -2.28. The SMILES string of the molecule is C=CC.O=C(NCO)N(CO)C1(CO)C(=O)NC(=O)N1CO. The highest BCUT2D eigenvalue weighted by atomic mass is 16.3. The molecule has 22 heavy (non-hydrogen) atoms. The second-order valence-electron chi connectivity index (χ2n) is 3.92. The number of aliphatic hydroxyl groups is 4. The first-order valence-corrected chi connectivity index (χ1v) is 6.10. The number of carbonyl (C=O) groups excluding carboxylic acids is 3. The van der Waals surface area contributed by atoms with E-state index in [1.807, 2.05) is 12.2 Å². The topological polar surface area (TPSA) is 163 Å². The molecule has 1 fully saturated rings. The molecule has 1 rings (SSSR count). The number of rotatable bonds is 5. The standard InChI is InChI=1S/C8H14N4O7.C3H6/c13-1-8(11(3-15)6(18)9-2-14)5(17)10-7(19)12(8)4-16;1-3-2/h13-16H,1-4H2,(H,9,18)(H,10,17,19);3H,1H2,2H3. The molecule has 0 saturated carbocycles. The average Bonchev–Trinajstić information content (AvgIpc) is 2.71. The fourth-order valence-corrected chi connectivity index (χ4v) is 1.76. The van der Waals surface area contributed by atoms with Gasteiger partial charge in [-0.1, -0.05) is 6.08 Å². The molecule has 0 aromatic heterocycles. The van der Waals surface area contributed by atoms with E-state index in [2.05, 4.69) is 6.58 Å². The van der Waals surface area contributed by atoms with Gasteiger partial charge in [-0.05, 0) is 6.92 Å². The van der Waals surface area contributed by atoms with Crippen LogP contribution in [0.25, 0.3) is 0 Å². The molecular weight excluding hydrogens is 300 g/mol.